The Balaban J connectivity index is 1.93. The summed E-state index contributed by atoms with van der Waals surface area (Å²) in [7, 11) is 0. The normalized spacial score (nSPS) is 17.5. The molecule has 4 nitrogen and oxygen atoms in total. The van der Waals surface area contributed by atoms with E-state index in [9.17, 15) is 0 Å². The van der Waals surface area contributed by atoms with Crippen molar-refractivity contribution in [3.05, 3.63) is 15.9 Å². The lowest BCUT2D eigenvalue weighted by Crippen LogP contribution is -2.37. The summed E-state index contributed by atoms with van der Waals surface area (Å²) in [6, 6.07) is 0. The van der Waals surface area contributed by atoms with Gasteiger partial charge in [-0.05, 0) is 42.1 Å². The summed E-state index contributed by atoms with van der Waals surface area (Å²) in [6.07, 6.45) is 3.53. The lowest BCUT2D eigenvalue weighted by atomic mass is 10.1. The molecule has 0 N–H and O–H groups in total. The second-order valence-corrected chi connectivity index (χ2v) is 6.58. The predicted octanol–water partition coefficient (Wildman–Crippen LogP) is 3.45. The van der Waals surface area contributed by atoms with Gasteiger partial charge in [0, 0.05) is 32.1 Å². The Hall–Kier alpha value is -0.100. The summed E-state index contributed by atoms with van der Waals surface area (Å²) in [5.41, 5.74) is 2.46. The fourth-order valence-electron chi connectivity index (χ4n) is 2.83. The van der Waals surface area contributed by atoms with Gasteiger partial charge in [0.15, 0.2) is 0 Å². The summed E-state index contributed by atoms with van der Waals surface area (Å²) in [5.74, 6) is 0.586. The molecule has 1 fully saturated rings. The van der Waals surface area contributed by atoms with Crippen LogP contribution in [0.1, 0.15) is 38.1 Å². The van der Waals surface area contributed by atoms with Crippen LogP contribution in [0.4, 0.5) is 0 Å². The molecule has 0 aliphatic carbocycles. The number of nitrogens with zero attached hydrogens (tertiary/aromatic N) is 3. The number of alkyl halides is 1. The van der Waals surface area contributed by atoms with Crippen molar-refractivity contribution in [3.63, 3.8) is 0 Å². The molecule has 6 heteroatoms. The molecule has 1 aliphatic rings. The topological polar surface area (TPSA) is 30.3 Å². The van der Waals surface area contributed by atoms with Gasteiger partial charge in [-0.25, -0.2) is 0 Å². The molecular weight excluding hydrogens is 354 g/mol. The molecule has 2 rings (SSSR count). The zero-order valence-electron chi connectivity index (χ0n) is 12.9. The van der Waals surface area contributed by atoms with E-state index in [0.29, 0.717) is 18.6 Å². The maximum absolute atomic E-state index is 5.74. The third kappa shape index (κ3) is 4.44. The average Bonchev–Trinajstić information content (AvgIpc) is 2.82. The highest BCUT2D eigenvalue weighted by atomic mass is 79.9. The lowest BCUT2D eigenvalue weighted by molar-refractivity contribution is 0.0129. The van der Waals surface area contributed by atoms with E-state index >= 15 is 0 Å². The first kappa shape index (κ1) is 17.3. The van der Waals surface area contributed by atoms with Crippen LogP contribution in [0.15, 0.2) is 4.47 Å². The van der Waals surface area contributed by atoms with E-state index in [1.807, 2.05) is 0 Å². The van der Waals surface area contributed by atoms with Crippen LogP contribution in [-0.2, 0) is 24.2 Å². The second kappa shape index (κ2) is 8.51. The predicted molar refractivity (Wildman–Crippen MR) is 90.0 cm³/mol. The Kier molecular flexibility index (Phi) is 6.99. The Morgan fingerprint density at radius 1 is 1.33 bits per heavy atom. The van der Waals surface area contributed by atoms with Gasteiger partial charge >= 0.3 is 0 Å². The number of aromatic nitrogens is 2. The third-order valence-corrected chi connectivity index (χ3v) is 5.10. The number of halogens is 2. The van der Waals surface area contributed by atoms with Crippen molar-refractivity contribution in [2.24, 2.45) is 0 Å². The second-order valence-electron chi connectivity index (χ2n) is 5.41. The highest BCUT2D eigenvalue weighted by molar-refractivity contribution is 9.10. The van der Waals surface area contributed by atoms with E-state index in [0.717, 1.165) is 51.1 Å². The highest BCUT2D eigenvalue weighted by Gasteiger charge is 2.22. The van der Waals surface area contributed by atoms with E-state index in [1.165, 1.54) is 10.2 Å². The van der Waals surface area contributed by atoms with Gasteiger partial charge in [0.1, 0.15) is 0 Å². The molecule has 0 amide bonds. The summed E-state index contributed by atoms with van der Waals surface area (Å²) in [6.45, 7) is 9.00. The molecule has 0 spiro atoms. The average molecular weight is 379 g/mol. The molecule has 0 aromatic carbocycles. The molecule has 21 heavy (non-hydrogen) atoms. The SMILES string of the molecule is CCc1nn(CC)c(CN2CCC(OCCCl)CC2)c1Br. The lowest BCUT2D eigenvalue weighted by Gasteiger charge is -2.31. The fourth-order valence-corrected chi connectivity index (χ4v) is 3.60. The van der Waals surface area contributed by atoms with Crippen molar-refractivity contribution >= 4 is 27.5 Å². The fraction of sp³-hybridized carbons (Fsp3) is 0.800. The number of hydrogen-bond acceptors (Lipinski definition) is 3. The Labute approximate surface area is 140 Å². The quantitative estimate of drug-likeness (QED) is 0.681. The molecule has 0 unspecified atom stereocenters. The molecule has 0 saturated carbocycles. The van der Waals surface area contributed by atoms with Crippen molar-refractivity contribution in [1.82, 2.24) is 14.7 Å². The van der Waals surface area contributed by atoms with Crippen LogP contribution in [0.3, 0.4) is 0 Å². The molecule has 120 valence electrons. The van der Waals surface area contributed by atoms with Gasteiger partial charge in [-0.2, -0.15) is 5.10 Å². The van der Waals surface area contributed by atoms with Crippen molar-refractivity contribution in [1.29, 1.82) is 0 Å². The van der Waals surface area contributed by atoms with Gasteiger partial charge in [-0.1, -0.05) is 6.92 Å². The molecule has 1 aromatic heterocycles. The van der Waals surface area contributed by atoms with Crippen molar-refractivity contribution in [2.45, 2.75) is 52.3 Å². The van der Waals surface area contributed by atoms with Gasteiger partial charge < -0.3 is 4.74 Å². The van der Waals surface area contributed by atoms with E-state index in [-0.39, 0.29) is 0 Å². The molecule has 0 atom stereocenters. The molecule has 1 aromatic rings. The molecule has 1 saturated heterocycles. The first-order valence-corrected chi connectivity index (χ1v) is 9.16. The Morgan fingerprint density at radius 2 is 2.05 bits per heavy atom. The van der Waals surface area contributed by atoms with Gasteiger partial charge in [-0.15, -0.1) is 11.6 Å². The number of aryl methyl sites for hydroxylation is 2. The maximum Gasteiger partial charge on any atom is 0.0767 e. The van der Waals surface area contributed by atoms with Gasteiger partial charge in [0.05, 0.1) is 28.6 Å². The van der Waals surface area contributed by atoms with Crippen LogP contribution < -0.4 is 0 Å². The first-order chi connectivity index (χ1) is 10.2. The number of ether oxygens (including phenoxy) is 1. The van der Waals surface area contributed by atoms with Gasteiger partial charge in [0.2, 0.25) is 0 Å². The molecule has 1 aliphatic heterocycles. The minimum Gasteiger partial charge on any atom is -0.377 e. The highest BCUT2D eigenvalue weighted by Crippen LogP contribution is 2.25. The number of hydrogen-bond donors (Lipinski definition) is 0. The molecule has 0 radical (unpaired) electrons. The monoisotopic (exact) mass is 377 g/mol. The van der Waals surface area contributed by atoms with E-state index < -0.39 is 0 Å². The minimum atomic E-state index is 0.380. The van der Waals surface area contributed by atoms with Crippen LogP contribution in [0.25, 0.3) is 0 Å². The molecule has 0 bridgehead atoms. The largest absolute Gasteiger partial charge is 0.377 e. The smallest absolute Gasteiger partial charge is 0.0767 e. The van der Waals surface area contributed by atoms with Gasteiger partial charge in [0.25, 0.3) is 0 Å². The zero-order valence-corrected chi connectivity index (χ0v) is 15.3. The van der Waals surface area contributed by atoms with Crippen molar-refractivity contribution in [2.75, 3.05) is 25.6 Å². The standard InChI is InChI=1S/C15H25BrClN3O/c1-3-13-15(16)14(20(4-2)18-13)11-19-8-5-12(6-9-19)21-10-7-17/h12H,3-11H2,1-2H3. The summed E-state index contributed by atoms with van der Waals surface area (Å²) in [4.78, 5) is 2.49. The minimum absolute atomic E-state index is 0.380. The Bertz CT molecular complexity index is 444. The zero-order chi connectivity index (χ0) is 15.2. The third-order valence-electron chi connectivity index (χ3n) is 4.03. The van der Waals surface area contributed by atoms with E-state index in [4.69, 9.17) is 16.3 Å². The Morgan fingerprint density at radius 3 is 2.62 bits per heavy atom. The summed E-state index contributed by atoms with van der Waals surface area (Å²) in [5, 5.41) is 4.67. The van der Waals surface area contributed by atoms with Crippen molar-refractivity contribution < 1.29 is 4.74 Å². The molecular formula is C15H25BrClN3O. The van der Waals surface area contributed by atoms with Crippen LogP contribution in [0, 0.1) is 0 Å². The summed E-state index contributed by atoms with van der Waals surface area (Å²) < 4.78 is 9.05. The first-order valence-electron chi connectivity index (χ1n) is 7.83. The molecule has 2 heterocycles. The van der Waals surface area contributed by atoms with Crippen LogP contribution >= 0.6 is 27.5 Å². The number of rotatable bonds is 7. The maximum atomic E-state index is 5.74. The number of likely N-dealkylation sites (tertiary alicyclic amines) is 1. The van der Waals surface area contributed by atoms with Crippen LogP contribution in [-0.4, -0.2) is 46.4 Å². The number of piperidine rings is 1. The summed E-state index contributed by atoms with van der Waals surface area (Å²) >= 11 is 9.40. The van der Waals surface area contributed by atoms with Crippen molar-refractivity contribution in [3.8, 4) is 0 Å². The van der Waals surface area contributed by atoms with Crippen LogP contribution in [0.2, 0.25) is 0 Å². The van der Waals surface area contributed by atoms with E-state index in [1.54, 1.807) is 0 Å². The van der Waals surface area contributed by atoms with Gasteiger partial charge in [-0.3, -0.25) is 9.58 Å². The van der Waals surface area contributed by atoms with Crippen LogP contribution in [0.5, 0.6) is 0 Å². The van der Waals surface area contributed by atoms with E-state index in [2.05, 4.69) is 44.5 Å².